The molecule has 0 spiro atoms. The Labute approximate surface area is 144 Å². The molecule has 0 amide bonds. The maximum Gasteiger partial charge on any atom is 0.161 e. The Hall–Kier alpha value is -2.38. The molecule has 0 aliphatic carbocycles. The summed E-state index contributed by atoms with van der Waals surface area (Å²) in [6.45, 7) is 2.54. The van der Waals surface area contributed by atoms with Crippen LogP contribution in [-0.4, -0.2) is 42.4 Å². The predicted molar refractivity (Wildman–Crippen MR) is 96.3 cm³/mol. The van der Waals surface area contributed by atoms with Gasteiger partial charge in [-0.1, -0.05) is 6.07 Å². The van der Waals surface area contributed by atoms with Crippen molar-refractivity contribution in [1.29, 1.82) is 0 Å². The van der Waals surface area contributed by atoms with E-state index in [4.69, 9.17) is 14.6 Å². The van der Waals surface area contributed by atoms with Crippen molar-refractivity contribution in [3.8, 4) is 22.6 Å². The fourth-order valence-corrected chi connectivity index (χ4v) is 3.70. The lowest BCUT2D eigenvalue weighted by Gasteiger charge is -2.11. The summed E-state index contributed by atoms with van der Waals surface area (Å²) in [5.41, 5.74) is 2.08. The second-order valence-electron chi connectivity index (χ2n) is 5.16. The van der Waals surface area contributed by atoms with E-state index in [-0.39, 0.29) is 6.61 Å². The molecule has 0 bridgehead atoms. The minimum Gasteiger partial charge on any atom is -0.493 e. The Kier molecular flexibility index (Phi) is 4.82. The highest BCUT2D eigenvalue weighted by Crippen LogP contribution is 2.42. The zero-order chi connectivity index (χ0) is 17.1. The largest absolute Gasteiger partial charge is 0.493 e. The molecule has 7 heteroatoms. The van der Waals surface area contributed by atoms with Crippen LogP contribution in [0.4, 0.5) is 5.82 Å². The van der Waals surface area contributed by atoms with Gasteiger partial charge in [0.05, 0.1) is 26.2 Å². The molecule has 0 aliphatic heterocycles. The van der Waals surface area contributed by atoms with E-state index in [1.54, 1.807) is 25.6 Å². The third kappa shape index (κ3) is 2.88. The maximum absolute atomic E-state index is 9.08. The van der Waals surface area contributed by atoms with E-state index < -0.39 is 0 Å². The smallest absolute Gasteiger partial charge is 0.161 e. The van der Waals surface area contributed by atoms with Gasteiger partial charge in [0.15, 0.2) is 11.5 Å². The quantitative estimate of drug-likeness (QED) is 0.715. The number of aliphatic hydroxyl groups excluding tert-OH is 1. The minimum atomic E-state index is 0.0420. The van der Waals surface area contributed by atoms with E-state index in [2.05, 4.69) is 22.2 Å². The lowest BCUT2D eigenvalue weighted by molar-refractivity contribution is 0.311. The Morgan fingerprint density at radius 3 is 2.67 bits per heavy atom. The number of rotatable bonds is 6. The van der Waals surface area contributed by atoms with Crippen LogP contribution in [-0.2, 0) is 0 Å². The molecule has 0 radical (unpaired) electrons. The molecule has 2 N–H and O–H groups in total. The number of nitrogens with zero attached hydrogens (tertiary/aromatic N) is 2. The van der Waals surface area contributed by atoms with E-state index in [1.807, 2.05) is 18.2 Å². The third-order valence-electron chi connectivity index (χ3n) is 3.74. The third-order valence-corrected chi connectivity index (χ3v) is 4.75. The molecular weight excluding hydrogens is 326 g/mol. The lowest BCUT2D eigenvalue weighted by atomic mass is 10.0. The number of methoxy groups -OCH3 is 2. The molecule has 0 saturated heterocycles. The second-order valence-corrected chi connectivity index (χ2v) is 6.36. The topological polar surface area (TPSA) is 76.5 Å². The van der Waals surface area contributed by atoms with Gasteiger partial charge in [-0.25, -0.2) is 9.97 Å². The SMILES string of the molecule is COc1ccc(-c2c(C)sc3ncnc(NCCO)c23)cc1OC. The number of nitrogens with one attached hydrogen (secondary N) is 1. The molecule has 24 heavy (non-hydrogen) atoms. The fourth-order valence-electron chi connectivity index (χ4n) is 2.69. The molecule has 2 heterocycles. The average molecular weight is 345 g/mol. The highest BCUT2D eigenvalue weighted by atomic mass is 32.1. The highest BCUT2D eigenvalue weighted by molar-refractivity contribution is 7.19. The first kappa shape index (κ1) is 16.5. The number of aryl methyl sites for hydroxylation is 1. The van der Waals surface area contributed by atoms with Crippen LogP contribution in [0.15, 0.2) is 24.5 Å². The van der Waals surface area contributed by atoms with Gasteiger partial charge in [0.25, 0.3) is 0 Å². The molecule has 0 saturated carbocycles. The molecule has 2 aromatic heterocycles. The number of hydrogen-bond donors (Lipinski definition) is 2. The van der Waals surface area contributed by atoms with Crippen molar-refractivity contribution in [3.05, 3.63) is 29.4 Å². The zero-order valence-electron chi connectivity index (χ0n) is 13.8. The molecule has 0 unspecified atom stereocenters. The molecule has 0 fully saturated rings. The summed E-state index contributed by atoms with van der Waals surface area (Å²) in [6, 6.07) is 5.84. The van der Waals surface area contributed by atoms with Gasteiger partial charge >= 0.3 is 0 Å². The lowest BCUT2D eigenvalue weighted by Crippen LogP contribution is -2.07. The van der Waals surface area contributed by atoms with Crippen molar-refractivity contribution in [1.82, 2.24) is 9.97 Å². The van der Waals surface area contributed by atoms with Crippen LogP contribution in [0.25, 0.3) is 21.3 Å². The molecule has 0 aliphatic rings. The molecule has 3 rings (SSSR count). The summed E-state index contributed by atoms with van der Waals surface area (Å²) in [7, 11) is 3.24. The van der Waals surface area contributed by atoms with Crippen molar-refractivity contribution in [2.75, 3.05) is 32.7 Å². The average Bonchev–Trinajstić information content (AvgIpc) is 2.95. The van der Waals surface area contributed by atoms with Crippen molar-refractivity contribution < 1.29 is 14.6 Å². The fraction of sp³-hybridized carbons (Fsp3) is 0.294. The predicted octanol–water partition coefficient (Wildman–Crippen LogP) is 3.09. The molecular formula is C17H19N3O3S. The monoisotopic (exact) mass is 345 g/mol. The molecule has 3 aromatic rings. The summed E-state index contributed by atoms with van der Waals surface area (Å²) in [6.07, 6.45) is 1.54. The number of aromatic nitrogens is 2. The van der Waals surface area contributed by atoms with Gasteiger partial charge in [0, 0.05) is 17.0 Å². The van der Waals surface area contributed by atoms with Gasteiger partial charge < -0.3 is 19.9 Å². The van der Waals surface area contributed by atoms with E-state index in [1.165, 1.54) is 6.33 Å². The Bertz CT molecular complexity index is 864. The number of thiophene rings is 1. The van der Waals surface area contributed by atoms with Crippen LogP contribution in [0.3, 0.4) is 0 Å². The Balaban J connectivity index is 2.20. The molecule has 126 valence electrons. The van der Waals surface area contributed by atoms with Crippen molar-refractivity contribution in [2.24, 2.45) is 0 Å². The summed E-state index contributed by atoms with van der Waals surface area (Å²) >= 11 is 1.62. The van der Waals surface area contributed by atoms with Crippen LogP contribution >= 0.6 is 11.3 Å². The standard InChI is InChI=1S/C17H19N3O3S/c1-10-14(11-4-5-12(22-2)13(8-11)23-3)15-16(18-6-7-21)19-9-20-17(15)24-10/h4-5,8-9,21H,6-7H2,1-3H3,(H,18,19,20). The van der Waals surface area contributed by atoms with Crippen LogP contribution < -0.4 is 14.8 Å². The normalized spacial score (nSPS) is 10.8. The number of aliphatic hydroxyl groups is 1. The Morgan fingerprint density at radius 2 is 1.96 bits per heavy atom. The summed E-state index contributed by atoms with van der Waals surface area (Å²) in [5, 5.41) is 13.2. The van der Waals surface area contributed by atoms with Gasteiger partial charge in [0.2, 0.25) is 0 Å². The molecule has 6 nitrogen and oxygen atoms in total. The van der Waals surface area contributed by atoms with Crippen molar-refractivity contribution in [3.63, 3.8) is 0 Å². The number of ether oxygens (including phenoxy) is 2. The van der Waals surface area contributed by atoms with Gasteiger partial charge in [0.1, 0.15) is 17.0 Å². The van der Waals surface area contributed by atoms with Gasteiger partial charge in [-0.3, -0.25) is 0 Å². The van der Waals surface area contributed by atoms with Crippen LogP contribution in [0.1, 0.15) is 4.88 Å². The van der Waals surface area contributed by atoms with Crippen LogP contribution in [0, 0.1) is 6.92 Å². The van der Waals surface area contributed by atoms with Gasteiger partial charge in [-0.15, -0.1) is 11.3 Å². The Morgan fingerprint density at radius 1 is 1.17 bits per heavy atom. The summed E-state index contributed by atoms with van der Waals surface area (Å²) < 4.78 is 10.7. The van der Waals surface area contributed by atoms with Crippen LogP contribution in [0.2, 0.25) is 0 Å². The van der Waals surface area contributed by atoms with Crippen molar-refractivity contribution in [2.45, 2.75) is 6.92 Å². The molecule has 1 aromatic carbocycles. The first-order valence-corrected chi connectivity index (χ1v) is 8.32. The van der Waals surface area contributed by atoms with E-state index >= 15 is 0 Å². The summed E-state index contributed by atoms with van der Waals surface area (Å²) in [5.74, 6) is 2.09. The maximum atomic E-state index is 9.08. The minimum absolute atomic E-state index is 0.0420. The summed E-state index contributed by atoms with van der Waals surface area (Å²) in [4.78, 5) is 10.8. The van der Waals surface area contributed by atoms with Gasteiger partial charge in [-0.2, -0.15) is 0 Å². The zero-order valence-corrected chi connectivity index (χ0v) is 14.6. The first-order valence-electron chi connectivity index (χ1n) is 7.50. The van der Waals surface area contributed by atoms with Crippen LogP contribution in [0.5, 0.6) is 11.5 Å². The number of benzene rings is 1. The first-order chi connectivity index (χ1) is 11.7. The highest BCUT2D eigenvalue weighted by Gasteiger charge is 2.18. The van der Waals surface area contributed by atoms with Gasteiger partial charge in [-0.05, 0) is 24.6 Å². The number of fused-ring (bicyclic) bond motifs is 1. The number of anilines is 1. The number of hydrogen-bond acceptors (Lipinski definition) is 7. The van der Waals surface area contributed by atoms with E-state index in [0.717, 1.165) is 32.0 Å². The van der Waals surface area contributed by atoms with E-state index in [0.29, 0.717) is 18.0 Å². The van der Waals surface area contributed by atoms with E-state index in [9.17, 15) is 0 Å². The second kappa shape index (κ2) is 7.02. The van der Waals surface area contributed by atoms with Crippen molar-refractivity contribution >= 4 is 27.4 Å². The molecule has 0 atom stereocenters.